The first-order chi connectivity index (χ1) is 8.03. The quantitative estimate of drug-likeness (QED) is 0.400. The third-order valence-electron chi connectivity index (χ3n) is 4.72. The third-order valence-corrected chi connectivity index (χ3v) is 4.72. The first-order valence-electron chi connectivity index (χ1n) is 7.68. The number of hydrogen-bond donors (Lipinski definition) is 0. The fourth-order valence-electron chi connectivity index (χ4n) is 2.68. The van der Waals surface area contributed by atoms with Gasteiger partial charge in [-0.05, 0) is 43.4 Å². The van der Waals surface area contributed by atoms with E-state index in [2.05, 4.69) is 62.2 Å². The average molecular weight is 250 g/mol. The standard InChI is InChI=1S/C17H35B/c1-13(2)10-15(14(3)4)11-16(5,6)17(7,8)12-18-9/h13,18H,10-12H2,1-9H3. The summed E-state index contributed by atoms with van der Waals surface area (Å²) in [5.41, 5.74) is 4.01. The zero-order chi connectivity index (χ0) is 14.6. The molecule has 0 saturated carbocycles. The van der Waals surface area contributed by atoms with Crippen molar-refractivity contribution in [2.24, 2.45) is 16.7 Å². The highest BCUT2D eigenvalue weighted by atomic mass is 14.4. The summed E-state index contributed by atoms with van der Waals surface area (Å²) in [5, 5.41) is 0. The molecule has 1 heteroatoms. The second-order valence-corrected chi connectivity index (χ2v) is 7.90. The summed E-state index contributed by atoms with van der Waals surface area (Å²) in [6, 6.07) is 0. The van der Waals surface area contributed by atoms with E-state index in [4.69, 9.17) is 0 Å². The summed E-state index contributed by atoms with van der Waals surface area (Å²) in [7, 11) is 1.28. The topological polar surface area (TPSA) is 0 Å². The molecular weight excluding hydrogens is 215 g/mol. The summed E-state index contributed by atoms with van der Waals surface area (Å²) in [6.45, 7) is 21.3. The van der Waals surface area contributed by atoms with Crippen LogP contribution in [0.25, 0.3) is 0 Å². The van der Waals surface area contributed by atoms with E-state index in [1.165, 1.54) is 32.0 Å². The molecule has 0 aliphatic carbocycles. The van der Waals surface area contributed by atoms with E-state index in [1.54, 1.807) is 5.57 Å². The van der Waals surface area contributed by atoms with Crippen LogP contribution >= 0.6 is 0 Å². The van der Waals surface area contributed by atoms with E-state index < -0.39 is 0 Å². The summed E-state index contributed by atoms with van der Waals surface area (Å²) in [5.74, 6) is 0.764. The second-order valence-electron chi connectivity index (χ2n) is 7.90. The molecule has 0 aromatic carbocycles. The molecule has 0 rings (SSSR count). The summed E-state index contributed by atoms with van der Waals surface area (Å²) in [4.78, 5) is 0. The van der Waals surface area contributed by atoms with Crippen LogP contribution in [0, 0.1) is 16.7 Å². The van der Waals surface area contributed by atoms with Gasteiger partial charge in [0, 0.05) is 0 Å². The van der Waals surface area contributed by atoms with Crippen LogP contribution in [0.3, 0.4) is 0 Å². The Hall–Kier alpha value is -0.195. The molecule has 0 nitrogen and oxygen atoms in total. The lowest BCUT2D eigenvalue weighted by molar-refractivity contribution is 0.129. The van der Waals surface area contributed by atoms with Gasteiger partial charge in [-0.3, -0.25) is 0 Å². The Morgan fingerprint density at radius 2 is 1.50 bits per heavy atom. The molecule has 0 saturated heterocycles. The van der Waals surface area contributed by atoms with Gasteiger partial charge in [0.15, 0.2) is 0 Å². The minimum absolute atomic E-state index is 0.379. The van der Waals surface area contributed by atoms with Gasteiger partial charge in [-0.25, -0.2) is 0 Å². The van der Waals surface area contributed by atoms with Crippen molar-refractivity contribution >= 4 is 7.28 Å². The van der Waals surface area contributed by atoms with Crippen molar-refractivity contribution in [2.45, 2.75) is 81.4 Å². The first-order valence-corrected chi connectivity index (χ1v) is 7.68. The van der Waals surface area contributed by atoms with Crippen molar-refractivity contribution in [1.82, 2.24) is 0 Å². The molecule has 106 valence electrons. The highest BCUT2D eigenvalue weighted by Gasteiger charge is 2.36. The molecule has 0 amide bonds. The van der Waals surface area contributed by atoms with Gasteiger partial charge in [0.2, 0.25) is 0 Å². The SMILES string of the molecule is CBCC(C)(C)C(C)(C)CC(CC(C)C)=C(C)C. The molecule has 0 bridgehead atoms. The fourth-order valence-corrected chi connectivity index (χ4v) is 2.68. The van der Waals surface area contributed by atoms with Crippen LogP contribution in [0.2, 0.25) is 13.1 Å². The number of hydrogen-bond acceptors (Lipinski definition) is 0. The van der Waals surface area contributed by atoms with Gasteiger partial charge in [0.05, 0.1) is 0 Å². The van der Waals surface area contributed by atoms with E-state index in [9.17, 15) is 0 Å². The molecule has 0 aliphatic rings. The van der Waals surface area contributed by atoms with Crippen molar-refractivity contribution in [3.05, 3.63) is 11.1 Å². The minimum atomic E-state index is 0.379. The highest BCUT2D eigenvalue weighted by molar-refractivity contribution is 6.33. The van der Waals surface area contributed by atoms with Gasteiger partial charge >= 0.3 is 0 Å². The Kier molecular flexibility index (Phi) is 6.75. The van der Waals surface area contributed by atoms with E-state index in [0.717, 1.165) is 5.92 Å². The first kappa shape index (κ1) is 17.8. The fraction of sp³-hybridized carbons (Fsp3) is 0.882. The Morgan fingerprint density at radius 1 is 1.00 bits per heavy atom. The molecule has 0 spiro atoms. The summed E-state index contributed by atoms with van der Waals surface area (Å²) >= 11 is 0. The van der Waals surface area contributed by atoms with Crippen LogP contribution in [-0.2, 0) is 0 Å². The molecule has 0 aromatic rings. The maximum absolute atomic E-state index is 2.45. The summed E-state index contributed by atoms with van der Waals surface area (Å²) in [6.07, 6.45) is 3.83. The van der Waals surface area contributed by atoms with E-state index in [-0.39, 0.29) is 0 Å². The predicted molar refractivity (Wildman–Crippen MR) is 87.8 cm³/mol. The van der Waals surface area contributed by atoms with Gasteiger partial charge in [-0.15, -0.1) is 0 Å². The largest absolute Gasteiger partial charge is 0.118 e. The molecule has 0 atom stereocenters. The Bertz CT molecular complexity index is 278. The molecule has 0 fully saturated rings. The normalized spacial score (nSPS) is 12.8. The highest BCUT2D eigenvalue weighted by Crippen LogP contribution is 2.47. The maximum atomic E-state index is 2.45. The lowest BCUT2D eigenvalue weighted by Crippen LogP contribution is -2.33. The lowest BCUT2D eigenvalue weighted by atomic mass is 9.54. The second kappa shape index (κ2) is 6.82. The van der Waals surface area contributed by atoms with Gasteiger partial charge in [-0.2, -0.15) is 0 Å². The molecule has 0 N–H and O–H groups in total. The predicted octanol–water partition coefficient (Wildman–Crippen LogP) is 5.71. The van der Waals surface area contributed by atoms with Crippen LogP contribution in [0.4, 0.5) is 0 Å². The maximum Gasteiger partial charge on any atom is 0.118 e. The van der Waals surface area contributed by atoms with Gasteiger partial charge < -0.3 is 0 Å². The summed E-state index contributed by atoms with van der Waals surface area (Å²) < 4.78 is 0. The van der Waals surface area contributed by atoms with Crippen LogP contribution in [0.5, 0.6) is 0 Å². The van der Waals surface area contributed by atoms with Gasteiger partial charge in [0.25, 0.3) is 0 Å². The molecule has 0 heterocycles. The molecule has 18 heavy (non-hydrogen) atoms. The zero-order valence-corrected chi connectivity index (χ0v) is 14.4. The van der Waals surface area contributed by atoms with Gasteiger partial charge in [-0.1, -0.05) is 65.8 Å². The van der Waals surface area contributed by atoms with Crippen molar-refractivity contribution in [2.75, 3.05) is 0 Å². The van der Waals surface area contributed by atoms with E-state index >= 15 is 0 Å². The van der Waals surface area contributed by atoms with Crippen molar-refractivity contribution in [1.29, 1.82) is 0 Å². The van der Waals surface area contributed by atoms with E-state index in [0.29, 0.717) is 10.8 Å². The van der Waals surface area contributed by atoms with Crippen molar-refractivity contribution < 1.29 is 0 Å². The molecule has 0 radical (unpaired) electrons. The van der Waals surface area contributed by atoms with Crippen molar-refractivity contribution in [3.8, 4) is 0 Å². The van der Waals surface area contributed by atoms with E-state index in [1.807, 2.05) is 0 Å². The van der Waals surface area contributed by atoms with Crippen LogP contribution in [0.1, 0.15) is 68.2 Å². The Balaban J connectivity index is 4.98. The zero-order valence-electron chi connectivity index (χ0n) is 14.4. The third kappa shape index (κ3) is 5.20. The molecule has 0 aromatic heterocycles. The molecular formula is C17H35B. The minimum Gasteiger partial charge on any atom is -0.0893 e. The number of rotatable bonds is 7. The average Bonchev–Trinajstić information content (AvgIpc) is 2.14. The van der Waals surface area contributed by atoms with Crippen LogP contribution in [-0.4, -0.2) is 7.28 Å². The van der Waals surface area contributed by atoms with Crippen molar-refractivity contribution in [3.63, 3.8) is 0 Å². The lowest BCUT2D eigenvalue weighted by Gasteiger charge is -2.43. The van der Waals surface area contributed by atoms with Crippen LogP contribution < -0.4 is 0 Å². The molecule has 0 aliphatic heterocycles. The molecule has 0 unspecified atom stereocenters. The Morgan fingerprint density at radius 3 is 1.83 bits per heavy atom. The Labute approximate surface area is 117 Å². The van der Waals surface area contributed by atoms with Gasteiger partial charge in [0.1, 0.15) is 7.28 Å². The number of allylic oxidation sites excluding steroid dienone is 2. The smallest absolute Gasteiger partial charge is 0.0893 e. The monoisotopic (exact) mass is 250 g/mol. The van der Waals surface area contributed by atoms with Crippen LogP contribution in [0.15, 0.2) is 11.1 Å².